The first-order chi connectivity index (χ1) is 7.58. The van der Waals surface area contributed by atoms with E-state index < -0.39 is 17.7 Å². The first-order valence-corrected chi connectivity index (χ1v) is 5.00. The monoisotopic (exact) mass is 224 g/mol. The predicted octanol–water partition coefficient (Wildman–Crippen LogP) is 0.978. The second kappa shape index (κ2) is 5.63. The molecule has 1 fully saturated rings. The summed E-state index contributed by atoms with van der Waals surface area (Å²) in [6.07, 6.45) is 9.03. The molecule has 2 atom stereocenters. The molecule has 1 heterocycles. The van der Waals surface area contributed by atoms with Gasteiger partial charge in [-0.1, -0.05) is 30.4 Å². The Kier molecular flexibility index (Phi) is 4.46. The fourth-order valence-electron chi connectivity index (χ4n) is 0.988. The van der Waals surface area contributed by atoms with Crippen LogP contribution in [0, 0.1) is 0 Å². The van der Waals surface area contributed by atoms with Gasteiger partial charge in [-0.05, 0) is 6.92 Å². The number of aliphatic hydroxyl groups excluding tert-OH is 1. The van der Waals surface area contributed by atoms with Crippen LogP contribution in [0.15, 0.2) is 36.5 Å². The number of aliphatic hydroxyl groups is 1. The van der Waals surface area contributed by atoms with Crippen molar-refractivity contribution < 1.29 is 19.4 Å². The molecule has 0 aliphatic carbocycles. The Morgan fingerprint density at radius 3 is 2.62 bits per heavy atom. The summed E-state index contributed by atoms with van der Waals surface area (Å²) in [6, 6.07) is 0. The zero-order valence-electron chi connectivity index (χ0n) is 9.42. The average molecular weight is 224 g/mol. The smallest absolute Gasteiger partial charge is 0.330 e. The molecule has 1 rings (SSSR count). The van der Waals surface area contributed by atoms with E-state index >= 15 is 0 Å². The van der Waals surface area contributed by atoms with E-state index in [1.54, 1.807) is 30.4 Å². The highest BCUT2D eigenvalue weighted by Crippen LogP contribution is 2.30. The van der Waals surface area contributed by atoms with E-state index in [4.69, 9.17) is 4.74 Å². The van der Waals surface area contributed by atoms with Crippen molar-refractivity contribution in [1.82, 2.24) is 0 Å². The molecule has 1 saturated heterocycles. The quantitative estimate of drug-likeness (QED) is 0.327. The number of carbonyl (C=O) groups excluding carboxylic acids is 1. The molecule has 0 bridgehead atoms. The Hall–Kier alpha value is -1.39. The summed E-state index contributed by atoms with van der Waals surface area (Å²) < 4.78 is 9.50. The van der Waals surface area contributed by atoms with E-state index in [0.717, 1.165) is 0 Å². The number of epoxide rings is 1. The summed E-state index contributed by atoms with van der Waals surface area (Å²) in [5.41, 5.74) is -0.411. The summed E-state index contributed by atoms with van der Waals surface area (Å²) in [5.74, 6) is -0.396. The molecular weight excluding hydrogens is 208 g/mol. The van der Waals surface area contributed by atoms with Gasteiger partial charge in [-0.15, -0.1) is 0 Å². The Bertz CT molecular complexity index is 324. The van der Waals surface area contributed by atoms with Gasteiger partial charge < -0.3 is 14.6 Å². The van der Waals surface area contributed by atoms with Crippen molar-refractivity contribution in [2.75, 3.05) is 13.7 Å². The van der Waals surface area contributed by atoms with Crippen LogP contribution >= 0.6 is 0 Å². The third kappa shape index (κ3) is 4.00. The molecular formula is C12H16O4. The van der Waals surface area contributed by atoms with Gasteiger partial charge in [-0.25, -0.2) is 4.79 Å². The number of ether oxygens (including phenoxy) is 2. The second-order valence-electron chi connectivity index (χ2n) is 3.70. The number of carbonyl (C=O) groups is 1. The molecule has 0 unspecified atom stereocenters. The number of allylic oxidation sites excluding steroid dienone is 4. The lowest BCUT2D eigenvalue weighted by atomic mass is 10.1. The minimum Gasteiger partial charge on any atom is -0.466 e. The fraction of sp³-hybridized carbons (Fsp3) is 0.417. The van der Waals surface area contributed by atoms with Crippen molar-refractivity contribution in [1.29, 1.82) is 0 Å². The van der Waals surface area contributed by atoms with Crippen LogP contribution < -0.4 is 0 Å². The molecule has 4 nitrogen and oxygen atoms in total. The first kappa shape index (κ1) is 12.7. The normalized spacial score (nSPS) is 26.7. The summed E-state index contributed by atoms with van der Waals surface area (Å²) in [6.45, 7) is 2.44. The van der Waals surface area contributed by atoms with Gasteiger partial charge in [-0.3, -0.25) is 0 Å². The van der Waals surface area contributed by atoms with Crippen molar-refractivity contribution in [3.8, 4) is 0 Å². The maximum atomic E-state index is 10.7. The molecule has 4 heteroatoms. The summed E-state index contributed by atoms with van der Waals surface area (Å²) >= 11 is 0. The Labute approximate surface area is 94.9 Å². The average Bonchev–Trinajstić information content (AvgIpc) is 3.02. The van der Waals surface area contributed by atoms with Crippen LogP contribution in [0.4, 0.5) is 0 Å². The Balaban J connectivity index is 2.28. The zero-order valence-corrected chi connectivity index (χ0v) is 9.42. The molecule has 0 aromatic heterocycles. The number of rotatable bonds is 5. The standard InChI is InChI=1S/C12H16O4/c1-12(9-16-12)10(13)7-5-3-4-6-8-11(14)15-2/h3-8,10,13H,9H2,1-2H3/b4-3-,7-5+,8-6+/t10-,12-/m1/s1. The van der Waals surface area contributed by atoms with E-state index in [-0.39, 0.29) is 0 Å². The molecule has 16 heavy (non-hydrogen) atoms. The van der Waals surface area contributed by atoms with Gasteiger partial charge >= 0.3 is 5.97 Å². The van der Waals surface area contributed by atoms with Gasteiger partial charge in [0.05, 0.1) is 13.7 Å². The molecule has 0 amide bonds. The minimum atomic E-state index is -0.596. The van der Waals surface area contributed by atoms with Gasteiger partial charge in [0.2, 0.25) is 0 Å². The lowest BCUT2D eigenvalue weighted by Gasteiger charge is -2.08. The highest BCUT2D eigenvalue weighted by Gasteiger charge is 2.45. The van der Waals surface area contributed by atoms with Crippen LogP contribution in [0.2, 0.25) is 0 Å². The molecule has 1 aliphatic rings. The van der Waals surface area contributed by atoms with E-state index in [1.807, 2.05) is 6.92 Å². The van der Waals surface area contributed by atoms with E-state index in [1.165, 1.54) is 13.2 Å². The van der Waals surface area contributed by atoms with E-state index in [9.17, 15) is 9.90 Å². The van der Waals surface area contributed by atoms with Crippen molar-refractivity contribution in [2.24, 2.45) is 0 Å². The lowest BCUT2D eigenvalue weighted by molar-refractivity contribution is -0.134. The Morgan fingerprint density at radius 1 is 1.44 bits per heavy atom. The fourth-order valence-corrected chi connectivity index (χ4v) is 0.988. The number of esters is 1. The maximum absolute atomic E-state index is 10.7. The van der Waals surface area contributed by atoms with Crippen LogP contribution in [0.5, 0.6) is 0 Å². The molecule has 1 aliphatic heterocycles. The van der Waals surface area contributed by atoms with Crippen LogP contribution in [-0.2, 0) is 14.3 Å². The predicted molar refractivity (Wildman–Crippen MR) is 59.8 cm³/mol. The minimum absolute atomic E-state index is 0.396. The van der Waals surface area contributed by atoms with Crippen molar-refractivity contribution >= 4 is 5.97 Å². The topological polar surface area (TPSA) is 59.1 Å². The molecule has 0 aromatic rings. The molecule has 0 spiro atoms. The number of hydrogen-bond donors (Lipinski definition) is 1. The van der Waals surface area contributed by atoms with Crippen LogP contribution in [-0.4, -0.2) is 36.5 Å². The maximum Gasteiger partial charge on any atom is 0.330 e. The van der Waals surface area contributed by atoms with Crippen LogP contribution in [0.3, 0.4) is 0 Å². The Morgan fingerprint density at radius 2 is 2.06 bits per heavy atom. The number of methoxy groups -OCH3 is 1. The molecule has 88 valence electrons. The lowest BCUT2D eigenvalue weighted by Crippen LogP contribution is -2.23. The first-order valence-electron chi connectivity index (χ1n) is 5.00. The zero-order chi connectivity index (χ0) is 12.0. The SMILES string of the molecule is COC(=O)/C=C/C=C\C=C\[C@@H](O)[C@@]1(C)CO1. The number of hydrogen-bond acceptors (Lipinski definition) is 4. The molecule has 0 saturated carbocycles. The molecule has 0 aromatic carbocycles. The summed E-state index contributed by atoms with van der Waals surface area (Å²) in [4.78, 5) is 10.7. The van der Waals surface area contributed by atoms with E-state index in [2.05, 4.69) is 4.74 Å². The van der Waals surface area contributed by atoms with Gasteiger partial charge in [0.15, 0.2) is 0 Å². The van der Waals surface area contributed by atoms with Gasteiger partial charge in [0, 0.05) is 6.08 Å². The van der Waals surface area contributed by atoms with Gasteiger partial charge in [0.25, 0.3) is 0 Å². The van der Waals surface area contributed by atoms with Crippen molar-refractivity contribution in [3.63, 3.8) is 0 Å². The summed E-state index contributed by atoms with van der Waals surface area (Å²) in [5, 5.41) is 9.59. The third-order valence-corrected chi connectivity index (χ3v) is 2.29. The molecule has 0 radical (unpaired) electrons. The van der Waals surface area contributed by atoms with Crippen LogP contribution in [0.25, 0.3) is 0 Å². The largest absolute Gasteiger partial charge is 0.466 e. The summed E-state index contributed by atoms with van der Waals surface area (Å²) in [7, 11) is 1.32. The van der Waals surface area contributed by atoms with Crippen molar-refractivity contribution in [3.05, 3.63) is 36.5 Å². The second-order valence-corrected chi connectivity index (χ2v) is 3.70. The van der Waals surface area contributed by atoms with Crippen molar-refractivity contribution in [2.45, 2.75) is 18.6 Å². The van der Waals surface area contributed by atoms with Gasteiger partial charge in [0.1, 0.15) is 11.7 Å². The van der Waals surface area contributed by atoms with Crippen LogP contribution in [0.1, 0.15) is 6.92 Å². The molecule has 1 N–H and O–H groups in total. The highest BCUT2D eigenvalue weighted by molar-refractivity contribution is 5.82. The third-order valence-electron chi connectivity index (χ3n) is 2.29. The highest BCUT2D eigenvalue weighted by atomic mass is 16.6. The van der Waals surface area contributed by atoms with Gasteiger partial charge in [-0.2, -0.15) is 0 Å². The van der Waals surface area contributed by atoms with E-state index in [0.29, 0.717) is 6.61 Å².